The Balaban J connectivity index is 2.96. The first-order valence-electron chi connectivity index (χ1n) is 7.24. The van der Waals surface area contributed by atoms with Gasteiger partial charge >= 0.3 is 12.1 Å². The van der Waals surface area contributed by atoms with Gasteiger partial charge in [0.1, 0.15) is 11.1 Å². The van der Waals surface area contributed by atoms with Crippen molar-refractivity contribution >= 4 is 12.1 Å². The molecule has 1 aromatic carbocycles. The fraction of sp³-hybridized carbons (Fsp3) is 0.529. The molecule has 0 aromatic heterocycles. The van der Waals surface area contributed by atoms with Crippen molar-refractivity contribution < 1.29 is 19.4 Å². The number of rotatable bonds is 4. The van der Waals surface area contributed by atoms with Gasteiger partial charge in [-0.2, -0.15) is 0 Å². The van der Waals surface area contributed by atoms with E-state index in [1.54, 1.807) is 20.8 Å². The first kappa shape index (κ1) is 18.0. The van der Waals surface area contributed by atoms with E-state index >= 15 is 0 Å². The van der Waals surface area contributed by atoms with Crippen molar-refractivity contribution in [2.24, 2.45) is 0 Å². The Morgan fingerprint density at radius 2 is 1.77 bits per heavy atom. The second kappa shape index (κ2) is 6.38. The van der Waals surface area contributed by atoms with Gasteiger partial charge in [-0.1, -0.05) is 23.8 Å². The predicted molar refractivity (Wildman–Crippen MR) is 85.0 cm³/mol. The van der Waals surface area contributed by atoms with Crippen molar-refractivity contribution in [1.29, 1.82) is 0 Å². The summed E-state index contributed by atoms with van der Waals surface area (Å²) in [4.78, 5) is 23.5. The van der Waals surface area contributed by atoms with Crippen LogP contribution >= 0.6 is 0 Å². The lowest BCUT2D eigenvalue weighted by atomic mass is 9.90. The third kappa shape index (κ3) is 5.06. The molecule has 0 aliphatic heterocycles. The molecule has 0 saturated heterocycles. The van der Waals surface area contributed by atoms with Crippen LogP contribution in [0.15, 0.2) is 18.2 Å². The molecule has 22 heavy (non-hydrogen) atoms. The van der Waals surface area contributed by atoms with Crippen molar-refractivity contribution in [3.63, 3.8) is 0 Å². The number of alkyl carbamates (subject to hydrolysis) is 1. The lowest BCUT2D eigenvalue weighted by molar-refractivity contribution is -0.144. The number of benzene rings is 1. The molecule has 0 bridgehead atoms. The summed E-state index contributed by atoms with van der Waals surface area (Å²) in [6.07, 6.45) is -0.546. The molecule has 0 saturated carbocycles. The summed E-state index contributed by atoms with van der Waals surface area (Å²) in [7, 11) is 0. The minimum atomic E-state index is -1.43. The van der Waals surface area contributed by atoms with Crippen LogP contribution in [0, 0.1) is 13.8 Å². The number of hydrogen-bond acceptors (Lipinski definition) is 3. The Kier molecular flexibility index (Phi) is 5.22. The minimum absolute atomic E-state index is 0.188. The summed E-state index contributed by atoms with van der Waals surface area (Å²) < 4.78 is 5.16. The lowest BCUT2D eigenvalue weighted by Gasteiger charge is -2.29. The monoisotopic (exact) mass is 307 g/mol. The number of amides is 1. The fourth-order valence-corrected chi connectivity index (χ4v) is 2.13. The molecule has 1 unspecified atom stereocenters. The number of aryl methyl sites for hydroxylation is 2. The van der Waals surface area contributed by atoms with E-state index in [2.05, 4.69) is 5.32 Å². The van der Waals surface area contributed by atoms with E-state index in [-0.39, 0.29) is 6.42 Å². The number of nitrogens with one attached hydrogen (secondary N) is 1. The molecule has 1 amide bonds. The molecule has 0 aliphatic carbocycles. The van der Waals surface area contributed by atoms with E-state index < -0.39 is 23.2 Å². The Labute approximate surface area is 131 Å². The van der Waals surface area contributed by atoms with Crippen molar-refractivity contribution in [2.45, 2.75) is 59.1 Å². The van der Waals surface area contributed by atoms with Crippen molar-refractivity contribution in [3.05, 3.63) is 34.9 Å². The van der Waals surface area contributed by atoms with Crippen LogP contribution in [0.25, 0.3) is 0 Å². The molecule has 5 nitrogen and oxygen atoms in total. The van der Waals surface area contributed by atoms with Crippen LogP contribution in [0.3, 0.4) is 0 Å². The molecule has 0 aliphatic rings. The Morgan fingerprint density at radius 3 is 2.23 bits per heavy atom. The van der Waals surface area contributed by atoms with Gasteiger partial charge in [-0.15, -0.1) is 0 Å². The molecule has 5 heteroatoms. The second-order valence-corrected chi connectivity index (χ2v) is 6.87. The molecule has 0 radical (unpaired) electrons. The molecular weight excluding hydrogens is 282 g/mol. The number of hydrogen-bond donors (Lipinski definition) is 2. The van der Waals surface area contributed by atoms with E-state index in [1.165, 1.54) is 6.92 Å². The van der Waals surface area contributed by atoms with E-state index in [4.69, 9.17) is 4.74 Å². The average molecular weight is 307 g/mol. The number of aliphatic carboxylic acids is 1. The van der Waals surface area contributed by atoms with E-state index in [0.717, 1.165) is 16.7 Å². The predicted octanol–water partition coefficient (Wildman–Crippen LogP) is 3.21. The summed E-state index contributed by atoms with van der Waals surface area (Å²) >= 11 is 0. The Morgan fingerprint density at radius 1 is 1.18 bits per heavy atom. The number of ether oxygens (including phenoxy) is 1. The largest absolute Gasteiger partial charge is 0.480 e. The normalized spacial score (nSPS) is 14.1. The zero-order valence-corrected chi connectivity index (χ0v) is 14.1. The van der Waals surface area contributed by atoms with Gasteiger partial charge < -0.3 is 15.2 Å². The lowest BCUT2D eigenvalue weighted by Crippen LogP contribution is -2.55. The van der Waals surface area contributed by atoms with E-state index in [1.807, 2.05) is 32.0 Å². The average Bonchev–Trinajstić information content (AvgIpc) is 2.30. The summed E-state index contributed by atoms with van der Waals surface area (Å²) in [6.45, 7) is 10.6. The standard InChI is InChI=1S/C17H25NO4/c1-11-7-8-13(12(2)9-11)10-17(6,14(19)20)18-15(21)22-16(3,4)5/h7-9H,10H2,1-6H3,(H,18,21)(H,19,20). The molecular formula is C17H25NO4. The number of carboxylic acids is 1. The van der Waals surface area contributed by atoms with Crippen molar-refractivity contribution in [2.75, 3.05) is 0 Å². The molecule has 0 fully saturated rings. The van der Waals surface area contributed by atoms with Gasteiger partial charge in [-0.25, -0.2) is 9.59 Å². The summed E-state index contributed by atoms with van der Waals surface area (Å²) in [5, 5.41) is 12.0. The molecule has 1 atom stereocenters. The fourth-order valence-electron chi connectivity index (χ4n) is 2.13. The molecule has 1 rings (SSSR count). The van der Waals surface area contributed by atoms with Gasteiger partial charge in [-0.3, -0.25) is 0 Å². The summed E-state index contributed by atoms with van der Waals surface area (Å²) in [5.74, 6) is -1.10. The highest BCUT2D eigenvalue weighted by Gasteiger charge is 2.37. The molecule has 122 valence electrons. The Bertz CT molecular complexity index is 575. The van der Waals surface area contributed by atoms with Gasteiger partial charge in [0, 0.05) is 6.42 Å². The van der Waals surface area contributed by atoms with Crippen LogP contribution in [0.4, 0.5) is 4.79 Å². The number of carbonyl (C=O) groups is 2. The number of carbonyl (C=O) groups excluding carboxylic acids is 1. The summed E-state index contributed by atoms with van der Waals surface area (Å²) in [6, 6.07) is 5.81. The highest BCUT2D eigenvalue weighted by atomic mass is 16.6. The van der Waals surface area contributed by atoms with Gasteiger partial charge in [-0.05, 0) is 52.7 Å². The zero-order valence-electron chi connectivity index (χ0n) is 14.1. The van der Waals surface area contributed by atoms with Crippen LogP contribution in [0.2, 0.25) is 0 Å². The Hall–Kier alpha value is -2.04. The third-order valence-electron chi connectivity index (χ3n) is 3.29. The maximum Gasteiger partial charge on any atom is 0.408 e. The zero-order chi connectivity index (χ0) is 17.1. The molecule has 0 spiro atoms. The number of carboxylic acid groups (broad SMARTS) is 1. The van der Waals surface area contributed by atoms with Gasteiger partial charge in [0.2, 0.25) is 0 Å². The topological polar surface area (TPSA) is 75.6 Å². The maximum absolute atomic E-state index is 11.9. The second-order valence-electron chi connectivity index (χ2n) is 6.87. The van der Waals surface area contributed by atoms with Crippen molar-refractivity contribution in [1.82, 2.24) is 5.32 Å². The molecule has 0 heterocycles. The third-order valence-corrected chi connectivity index (χ3v) is 3.29. The van der Waals surface area contributed by atoms with Crippen LogP contribution in [-0.2, 0) is 16.0 Å². The van der Waals surface area contributed by atoms with Crippen LogP contribution in [-0.4, -0.2) is 28.3 Å². The van der Waals surface area contributed by atoms with E-state index in [9.17, 15) is 14.7 Å². The first-order valence-corrected chi connectivity index (χ1v) is 7.24. The first-order chi connectivity index (χ1) is 9.93. The smallest absolute Gasteiger partial charge is 0.408 e. The maximum atomic E-state index is 11.9. The molecule has 1 aromatic rings. The molecule has 2 N–H and O–H groups in total. The SMILES string of the molecule is Cc1ccc(CC(C)(NC(=O)OC(C)(C)C)C(=O)O)c(C)c1. The van der Waals surface area contributed by atoms with Gasteiger partial charge in [0.05, 0.1) is 0 Å². The highest BCUT2D eigenvalue weighted by Crippen LogP contribution is 2.19. The quantitative estimate of drug-likeness (QED) is 0.895. The van der Waals surface area contributed by atoms with E-state index in [0.29, 0.717) is 0 Å². The highest BCUT2D eigenvalue weighted by molar-refractivity contribution is 5.84. The van der Waals surface area contributed by atoms with Gasteiger partial charge in [0.15, 0.2) is 0 Å². The van der Waals surface area contributed by atoms with Crippen LogP contribution in [0.5, 0.6) is 0 Å². The van der Waals surface area contributed by atoms with Crippen LogP contribution in [0.1, 0.15) is 44.4 Å². The minimum Gasteiger partial charge on any atom is -0.480 e. The van der Waals surface area contributed by atoms with Crippen molar-refractivity contribution in [3.8, 4) is 0 Å². The van der Waals surface area contributed by atoms with Crippen LogP contribution < -0.4 is 5.32 Å². The van der Waals surface area contributed by atoms with Gasteiger partial charge in [0.25, 0.3) is 0 Å². The summed E-state index contributed by atoms with van der Waals surface area (Å²) in [5.41, 5.74) is 0.884.